The normalized spacial score (nSPS) is 10.5. The molecule has 0 rings (SSSR count). The van der Waals surface area contributed by atoms with Gasteiger partial charge in [-0.3, -0.25) is 9.09 Å². The van der Waals surface area contributed by atoms with Crippen molar-refractivity contribution in [3.8, 4) is 24.7 Å². The van der Waals surface area contributed by atoms with Gasteiger partial charge in [0.1, 0.15) is 0 Å². The van der Waals surface area contributed by atoms with E-state index in [9.17, 15) is 4.57 Å². The Morgan fingerprint density at radius 1 is 1.40 bits per heavy atom. The third-order valence-corrected chi connectivity index (χ3v) is 1.47. The molecule has 0 atom stereocenters. The van der Waals surface area contributed by atoms with E-state index < -0.39 is 12.2 Å². The van der Waals surface area contributed by atoms with Gasteiger partial charge in [-0.15, -0.1) is 12.8 Å². The Kier molecular flexibility index (Phi) is 3.87. The van der Waals surface area contributed by atoms with Crippen LogP contribution in [0, 0.1) is 24.7 Å². The first-order chi connectivity index (χ1) is 4.49. The fraction of sp³-hybridized carbons (Fsp3) is 0.200. The van der Waals surface area contributed by atoms with Gasteiger partial charge in [0.2, 0.25) is 0 Å². The molecule has 5 heteroatoms. The highest BCUT2D eigenvalue weighted by atomic mass is 35.9. The predicted octanol–water partition coefficient (Wildman–Crippen LogP) is 2.22. The van der Waals surface area contributed by atoms with Crippen molar-refractivity contribution < 1.29 is 9.09 Å². The zero-order chi connectivity index (χ0) is 8.20. The third kappa shape index (κ3) is 4.74. The summed E-state index contributed by atoms with van der Waals surface area (Å²) in [5.41, 5.74) is 0. The molecule has 0 saturated carbocycles. The maximum atomic E-state index is 10.5. The van der Waals surface area contributed by atoms with Crippen molar-refractivity contribution in [2.45, 2.75) is 6.10 Å². The molecule has 54 valence electrons. The van der Waals surface area contributed by atoms with Gasteiger partial charge in [0.25, 0.3) is 0 Å². The maximum absolute atomic E-state index is 10.5. The summed E-state index contributed by atoms with van der Waals surface area (Å²) in [6.45, 7) is 0. The lowest BCUT2D eigenvalue weighted by molar-refractivity contribution is 0.331. The van der Waals surface area contributed by atoms with Gasteiger partial charge in [-0.25, -0.2) is 0 Å². The summed E-state index contributed by atoms with van der Waals surface area (Å²) in [6.07, 6.45) is 5.05. The molecule has 0 saturated heterocycles. The molecule has 0 aromatic rings. The molecule has 0 amide bonds. The highest BCUT2D eigenvalue weighted by Crippen LogP contribution is 2.58. The van der Waals surface area contributed by atoms with Crippen LogP contribution in [-0.4, -0.2) is 6.10 Å². The lowest BCUT2D eigenvalue weighted by Gasteiger charge is -2.04. The molecule has 2 nitrogen and oxygen atoms in total. The van der Waals surface area contributed by atoms with Gasteiger partial charge in [0.15, 0.2) is 6.10 Å². The van der Waals surface area contributed by atoms with Crippen LogP contribution in [0.2, 0.25) is 0 Å². The Morgan fingerprint density at radius 2 is 1.80 bits per heavy atom. The van der Waals surface area contributed by atoms with Gasteiger partial charge < -0.3 is 0 Å². The summed E-state index contributed by atoms with van der Waals surface area (Å²) in [6, 6.07) is 0. The number of hydrogen-bond acceptors (Lipinski definition) is 2. The molecule has 0 unspecified atom stereocenters. The van der Waals surface area contributed by atoms with Crippen LogP contribution in [0.1, 0.15) is 0 Å². The molecular formula is C5H3Cl2O2P. The Bertz CT molecular complexity index is 217. The third-order valence-electron chi connectivity index (χ3n) is 0.531. The van der Waals surface area contributed by atoms with Crippen molar-refractivity contribution in [3.63, 3.8) is 0 Å². The van der Waals surface area contributed by atoms with Gasteiger partial charge >= 0.3 is 6.07 Å². The molecule has 0 aliphatic heterocycles. The van der Waals surface area contributed by atoms with Crippen molar-refractivity contribution in [1.29, 1.82) is 0 Å². The van der Waals surface area contributed by atoms with Crippen LogP contribution in [0.5, 0.6) is 0 Å². The van der Waals surface area contributed by atoms with E-state index in [1.165, 1.54) is 0 Å². The minimum Gasteiger partial charge on any atom is -0.277 e. The van der Waals surface area contributed by atoms with Crippen molar-refractivity contribution in [2.24, 2.45) is 0 Å². The van der Waals surface area contributed by atoms with E-state index in [4.69, 9.17) is 35.3 Å². The number of rotatable bonds is 2. The summed E-state index contributed by atoms with van der Waals surface area (Å²) in [5, 5.41) is 0. The second-order valence-corrected chi connectivity index (χ2v) is 5.46. The van der Waals surface area contributed by atoms with Crippen LogP contribution in [-0.2, 0) is 9.09 Å². The Balaban J connectivity index is 4.07. The molecule has 10 heavy (non-hydrogen) atoms. The van der Waals surface area contributed by atoms with Crippen molar-refractivity contribution >= 4 is 28.6 Å². The van der Waals surface area contributed by atoms with Gasteiger partial charge in [0.05, 0.1) is 0 Å². The van der Waals surface area contributed by atoms with Crippen molar-refractivity contribution in [2.75, 3.05) is 0 Å². The van der Waals surface area contributed by atoms with Gasteiger partial charge in [-0.05, 0) is 22.5 Å². The molecule has 0 aliphatic rings. The molecule has 0 heterocycles. The van der Waals surface area contributed by atoms with E-state index in [2.05, 4.69) is 4.52 Å². The summed E-state index contributed by atoms with van der Waals surface area (Å²) < 4.78 is 14.8. The van der Waals surface area contributed by atoms with Gasteiger partial charge in [0, 0.05) is 0 Å². The number of halogens is 2. The zero-order valence-electron chi connectivity index (χ0n) is 4.75. The van der Waals surface area contributed by atoms with Crippen LogP contribution in [0.25, 0.3) is 0 Å². The van der Waals surface area contributed by atoms with Crippen molar-refractivity contribution in [1.82, 2.24) is 0 Å². The first kappa shape index (κ1) is 9.89. The predicted molar refractivity (Wildman–Crippen MR) is 41.9 cm³/mol. The largest absolute Gasteiger partial charge is 0.382 e. The first-order valence-corrected chi connectivity index (χ1v) is 5.53. The lowest BCUT2D eigenvalue weighted by atomic mass is 10.4. The minimum atomic E-state index is -3.60. The lowest BCUT2D eigenvalue weighted by Crippen LogP contribution is -2.00. The van der Waals surface area contributed by atoms with E-state index in [-0.39, 0.29) is 0 Å². The van der Waals surface area contributed by atoms with Gasteiger partial charge in [-0.2, -0.15) is 0 Å². The van der Waals surface area contributed by atoms with Crippen LogP contribution in [0.4, 0.5) is 0 Å². The van der Waals surface area contributed by atoms with Gasteiger partial charge in [-0.1, -0.05) is 11.8 Å². The average Bonchev–Trinajstić information content (AvgIpc) is 1.81. The van der Waals surface area contributed by atoms with Crippen LogP contribution < -0.4 is 0 Å². The first-order valence-electron chi connectivity index (χ1n) is 2.09. The monoisotopic (exact) mass is 196 g/mol. The quantitative estimate of drug-likeness (QED) is 0.501. The second kappa shape index (κ2) is 3.91. The molecule has 0 aromatic heterocycles. The SMILES string of the molecule is C#CC(C#C)OP(=O)(Cl)Cl. The Morgan fingerprint density at radius 3 is 1.90 bits per heavy atom. The standard InChI is InChI=1S/C5H3Cl2O2P/c1-3-5(4-2)9-10(6,7)8/h1-2,5H. The van der Waals surface area contributed by atoms with Crippen LogP contribution >= 0.6 is 28.6 Å². The molecule has 0 spiro atoms. The Labute approximate surface area is 68.9 Å². The number of terminal acetylenes is 2. The summed E-state index contributed by atoms with van der Waals surface area (Å²) in [4.78, 5) is 0. The van der Waals surface area contributed by atoms with Crippen molar-refractivity contribution in [3.05, 3.63) is 0 Å². The van der Waals surface area contributed by atoms with E-state index in [1.54, 1.807) is 0 Å². The fourth-order valence-electron chi connectivity index (χ4n) is 0.232. The van der Waals surface area contributed by atoms with Crippen LogP contribution in [0.3, 0.4) is 0 Å². The molecule has 0 bridgehead atoms. The summed E-state index contributed by atoms with van der Waals surface area (Å²) in [7, 11) is 0. The summed E-state index contributed by atoms with van der Waals surface area (Å²) >= 11 is 9.99. The Hall–Kier alpha value is -0.110. The molecule has 0 radical (unpaired) electrons. The molecule has 0 aromatic carbocycles. The number of hydrogen-bond donors (Lipinski definition) is 0. The second-order valence-electron chi connectivity index (χ2n) is 1.23. The highest BCUT2D eigenvalue weighted by Gasteiger charge is 2.18. The fourth-order valence-corrected chi connectivity index (χ4v) is 1.08. The molecule has 0 fully saturated rings. The van der Waals surface area contributed by atoms with E-state index in [0.29, 0.717) is 0 Å². The zero-order valence-corrected chi connectivity index (χ0v) is 7.16. The molecular weight excluding hydrogens is 194 g/mol. The minimum absolute atomic E-state index is 1.03. The smallest absolute Gasteiger partial charge is 0.277 e. The molecule has 0 aliphatic carbocycles. The van der Waals surface area contributed by atoms with E-state index in [1.807, 2.05) is 11.8 Å². The highest BCUT2D eigenvalue weighted by molar-refractivity contribution is 8.05. The van der Waals surface area contributed by atoms with E-state index >= 15 is 0 Å². The molecule has 0 N–H and O–H groups in total. The average molecular weight is 197 g/mol. The topological polar surface area (TPSA) is 26.3 Å². The van der Waals surface area contributed by atoms with Crippen LogP contribution in [0.15, 0.2) is 0 Å². The van der Waals surface area contributed by atoms with E-state index in [0.717, 1.165) is 0 Å². The maximum Gasteiger partial charge on any atom is 0.382 e. The summed E-state index contributed by atoms with van der Waals surface area (Å²) in [5.74, 6) is 4.02.